The maximum atomic E-state index is 13.8. The fourth-order valence-electron chi connectivity index (χ4n) is 3.80. The molecule has 1 aliphatic rings. The molecule has 1 amide bonds. The molecular formula is C25H30ClN3O3S. The van der Waals surface area contributed by atoms with Gasteiger partial charge in [0.15, 0.2) is 10.7 Å². The lowest BCUT2D eigenvalue weighted by molar-refractivity contribution is -0.131. The number of halogens is 1. The number of morpholine rings is 1. The topological polar surface area (TPSA) is 54.9 Å². The summed E-state index contributed by atoms with van der Waals surface area (Å²) >= 11 is 7.55. The fourth-order valence-corrected chi connectivity index (χ4v) is 5.00. The number of nitrogens with zero attached hydrogens (tertiary/aromatic N) is 3. The van der Waals surface area contributed by atoms with Crippen LogP contribution in [-0.4, -0.2) is 60.8 Å². The zero-order valence-corrected chi connectivity index (χ0v) is 21.1. The molecule has 4 rings (SSSR count). The molecule has 1 saturated heterocycles. The molecule has 176 valence electrons. The minimum absolute atomic E-state index is 0.127. The zero-order valence-electron chi connectivity index (χ0n) is 19.6. The normalized spacial score (nSPS) is 15.1. The lowest BCUT2D eigenvalue weighted by atomic mass is 10.1. The van der Waals surface area contributed by atoms with Gasteiger partial charge in [0, 0.05) is 31.2 Å². The number of hydrogen-bond acceptors (Lipinski definition) is 6. The third-order valence-corrected chi connectivity index (χ3v) is 7.21. The van der Waals surface area contributed by atoms with E-state index in [9.17, 15) is 4.79 Å². The van der Waals surface area contributed by atoms with Gasteiger partial charge >= 0.3 is 0 Å². The number of aryl methyl sites for hydroxylation is 2. The Balaban J connectivity index is 1.62. The lowest BCUT2D eigenvalue weighted by Gasteiger charge is -2.33. The summed E-state index contributed by atoms with van der Waals surface area (Å²) in [6.07, 6.45) is 0. The summed E-state index contributed by atoms with van der Waals surface area (Å²) in [5.74, 6) is 0.472. The molecule has 0 aliphatic carbocycles. The predicted octanol–water partition coefficient (Wildman–Crippen LogP) is 5.09. The maximum absolute atomic E-state index is 13.8. The molecule has 2 aromatic carbocycles. The number of aromatic nitrogens is 1. The summed E-state index contributed by atoms with van der Waals surface area (Å²) < 4.78 is 12.7. The first-order valence-electron chi connectivity index (χ1n) is 11.2. The predicted molar refractivity (Wildman–Crippen MR) is 135 cm³/mol. The number of thiazole rings is 1. The van der Waals surface area contributed by atoms with Crippen LogP contribution in [0, 0.1) is 13.8 Å². The monoisotopic (exact) mass is 487 g/mol. The van der Waals surface area contributed by atoms with Crippen LogP contribution in [0.1, 0.15) is 25.0 Å². The van der Waals surface area contributed by atoms with Crippen LogP contribution in [0.4, 0.5) is 5.13 Å². The van der Waals surface area contributed by atoms with Crippen molar-refractivity contribution in [3.8, 4) is 5.75 Å². The summed E-state index contributed by atoms with van der Waals surface area (Å²) in [7, 11) is 0. The highest BCUT2D eigenvalue weighted by Crippen LogP contribution is 2.33. The molecule has 0 N–H and O–H groups in total. The van der Waals surface area contributed by atoms with Gasteiger partial charge in [-0.2, -0.15) is 0 Å². The molecule has 0 radical (unpaired) electrons. The van der Waals surface area contributed by atoms with Crippen molar-refractivity contribution in [2.75, 3.05) is 44.3 Å². The van der Waals surface area contributed by atoms with E-state index in [1.807, 2.05) is 0 Å². The molecule has 8 heteroatoms. The average molecular weight is 488 g/mol. The number of fused-ring (bicyclic) bond motifs is 1. The van der Waals surface area contributed by atoms with Crippen LogP contribution in [0.15, 0.2) is 36.4 Å². The van der Waals surface area contributed by atoms with Gasteiger partial charge in [0.2, 0.25) is 0 Å². The number of rotatable bonds is 7. The Morgan fingerprint density at radius 2 is 1.85 bits per heavy atom. The standard InChI is InChI=1S/C25H30ClN3O3S/c1-17-15-21-22(16-18(17)2)33-24(27-21)29(10-9-28-11-13-31-14-12-28)23(30)25(3,4)32-20-7-5-19(26)6-8-20/h5-8,15-16H,9-14H2,1-4H3. The Labute approximate surface area is 204 Å². The van der Waals surface area contributed by atoms with E-state index in [4.69, 9.17) is 26.1 Å². The Morgan fingerprint density at radius 3 is 2.55 bits per heavy atom. The number of ether oxygens (including phenoxy) is 2. The number of hydrogen-bond donors (Lipinski definition) is 0. The van der Waals surface area contributed by atoms with E-state index in [1.54, 1.807) is 54.3 Å². The van der Waals surface area contributed by atoms with E-state index < -0.39 is 5.60 Å². The van der Waals surface area contributed by atoms with E-state index in [2.05, 4.69) is 30.9 Å². The average Bonchev–Trinajstić information content (AvgIpc) is 3.18. The van der Waals surface area contributed by atoms with Crippen molar-refractivity contribution in [2.24, 2.45) is 0 Å². The molecule has 6 nitrogen and oxygen atoms in total. The Morgan fingerprint density at radius 1 is 1.18 bits per heavy atom. The highest BCUT2D eigenvalue weighted by Gasteiger charge is 2.36. The van der Waals surface area contributed by atoms with Crippen LogP contribution in [0.2, 0.25) is 5.02 Å². The summed E-state index contributed by atoms with van der Waals surface area (Å²) in [5.41, 5.74) is 2.24. The first-order chi connectivity index (χ1) is 15.7. The lowest BCUT2D eigenvalue weighted by Crippen LogP contribution is -2.51. The van der Waals surface area contributed by atoms with Crippen molar-refractivity contribution in [2.45, 2.75) is 33.3 Å². The third-order valence-electron chi connectivity index (χ3n) is 5.91. The first kappa shape index (κ1) is 24.0. The number of carbonyl (C=O) groups excluding carboxylic acids is 1. The first-order valence-corrected chi connectivity index (χ1v) is 12.4. The van der Waals surface area contributed by atoms with E-state index in [-0.39, 0.29) is 5.91 Å². The largest absolute Gasteiger partial charge is 0.478 e. The van der Waals surface area contributed by atoms with Gasteiger partial charge in [-0.15, -0.1) is 0 Å². The smallest absolute Gasteiger partial charge is 0.272 e. The van der Waals surface area contributed by atoms with Crippen molar-refractivity contribution in [1.29, 1.82) is 0 Å². The summed E-state index contributed by atoms with van der Waals surface area (Å²) in [6.45, 7) is 12.2. The number of carbonyl (C=O) groups is 1. The minimum atomic E-state index is -1.08. The molecule has 0 saturated carbocycles. The van der Waals surface area contributed by atoms with Crippen molar-refractivity contribution < 1.29 is 14.3 Å². The Kier molecular flexibility index (Phi) is 7.24. The van der Waals surface area contributed by atoms with Gasteiger partial charge < -0.3 is 9.47 Å². The summed E-state index contributed by atoms with van der Waals surface area (Å²) in [5, 5.41) is 1.32. The van der Waals surface area contributed by atoms with E-state index in [1.165, 1.54) is 11.1 Å². The van der Waals surface area contributed by atoms with Crippen molar-refractivity contribution in [1.82, 2.24) is 9.88 Å². The second-order valence-electron chi connectivity index (χ2n) is 8.88. The molecular weight excluding hydrogens is 458 g/mol. The van der Waals surface area contributed by atoms with Crippen LogP contribution < -0.4 is 9.64 Å². The van der Waals surface area contributed by atoms with Gasteiger partial charge in [-0.3, -0.25) is 14.6 Å². The highest BCUT2D eigenvalue weighted by atomic mass is 35.5. The molecule has 0 spiro atoms. The number of benzene rings is 2. The Bertz CT molecular complexity index is 1080. The molecule has 1 fully saturated rings. The Hall–Kier alpha value is -2.19. The fraction of sp³-hybridized carbons (Fsp3) is 0.440. The molecule has 1 aliphatic heterocycles. The van der Waals surface area contributed by atoms with Crippen molar-refractivity contribution >= 4 is 44.2 Å². The molecule has 0 unspecified atom stereocenters. The van der Waals surface area contributed by atoms with Crippen molar-refractivity contribution in [3.05, 3.63) is 52.5 Å². The summed E-state index contributed by atoms with van der Waals surface area (Å²) in [6, 6.07) is 11.3. The van der Waals surface area contributed by atoms with Crippen LogP contribution in [0.5, 0.6) is 5.75 Å². The third kappa shape index (κ3) is 5.66. The molecule has 2 heterocycles. The van der Waals surface area contributed by atoms with Gasteiger partial charge in [-0.25, -0.2) is 4.98 Å². The van der Waals surface area contributed by atoms with Gasteiger partial charge in [0.25, 0.3) is 5.91 Å². The van der Waals surface area contributed by atoms with Gasteiger partial charge in [-0.05, 0) is 75.2 Å². The van der Waals surface area contributed by atoms with Crippen LogP contribution in [-0.2, 0) is 9.53 Å². The summed E-state index contributed by atoms with van der Waals surface area (Å²) in [4.78, 5) is 22.8. The van der Waals surface area contributed by atoms with Gasteiger partial charge in [0.05, 0.1) is 23.4 Å². The highest BCUT2D eigenvalue weighted by molar-refractivity contribution is 7.22. The molecule has 0 bridgehead atoms. The molecule has 3 aromatic rings. The van der Waals surface area contributed by atoms with E-state index >= 15 is 0 Å². The SMILES string of the molecule is Cc1cc2nc(N(CCN3CCOCC3)C(=O)C(C)(C)Oc3ccc(Cl)cc3)sc2cc1C. The van der Waals surface area contributed by atoms with E-state index in [0.717, 1.165) is 43.1 Å². The second kappa shape index (κ2) is 9.97. The van der Waals surface area contributed by atoms with E-state index in [0.29, 0.717) is 22.4 Å². The second-order valence-corrected chi connectivity index (χ2v) is 10.3. The van der Waals surface area contributed by atoms with Crippen LogP contribution in [0.3, 0.4) is 0 Å². The zero-order chi connectivity index (χ0) is 23.6. The van der Waals surface area contributed by atoms with Crippen LogP contribution in [0.25, 0.3) is 10.2 Å². The number of anilines is 1. The van der Waals surface area contributed by atoms with Gasteiger partial charge in [-0.1, -0.05) is 22.9 Å². The van der Waals surface area contributed by atoms with Crippen LogP contribution >= 0.6 is 22.9 Å². The number of amides is 1. The quantitative estimate of drug-likeness (QED) is 0.464. The molecule has 1 aromatic heterocycles. The minimum Gasteiger partial charge on any atom is -0.478 e. The molecule has 0 atom stereocenters. The molecule has 33 heavy (non-hydrogen) atoms. The van der Waals surface area contributed by atoms with Gasteiger partial charge in [0.1, 0.15) is 5.75 Å². The maximum Gasteiger partial charge on any atom is 0.272 e. The van der Waals surface area contributed by atoms with Crippen molar-refractivity contribution in [3.63, 3.8) is 0 Å².